The van der Waals surface area contributed by atoms with E-state index in [1.165, 1.54) is 0 Å². The molecule has 27 heavy (non-hydrogen) atoms. The second kappa shape index (κ2) is 7.85. The Morgan fingerprint density at radius 3 is 2.81 bits per heavy atom. The molecule has 0 spiro atoms. The Labute approximate surface area is 157 Å². The number of pyridine rings is 1. The van der Waals surface area contributed by atoms with E-state index in [0.29, 0.717) is 19.1 Å². The second-order valence-corrected chi connectivity index (χ2v) is 6.68. The summed E-state index contributed by atoms with van der Waals surface area (Å²) in [6, 6.07) is 8.19. The number of nitrogens with zero attached hydrogens (tertiary/aromatic N) is 4. The molecule has 7 heteroatoms. The van der Waals surface area contributed by atoms with Crippen LogP contribution in [0.5, 0.6) is 11.8 Å². The largest absolute Gasteiger partial charge is 0.487 e. The number of β-amino-alcohol motifs (C(OH)–C–C–N with tert-alkyl or cyclic N) is 1. The fourth-order valence-corrected chi connectivity index (χ4v) is 3.40. The quantitative estimate of drug-likeness (QED) is 0.740. The zero-order valence-corrected chi connectivity index (χ0v) is 15.2. The van der Waals surface area contributed by atoms with Gasteiger partial charge in [-0.3, -0.25) is 9.88 Å². The first-order valence-electron chi connectivity index (χ1n) is 8.97. The van der Waals surface area contributed by atoms with Crippen molar-refractivity contribution in [1.29, 1.82) is 0 Å². The van der Waals surface area contributed by atoms with Crippen LogP contribution in [-0.2, 0) is 6.54 Å². The van der Waals surface area contributed by atoms with Crippen LogP contribution in [0.4, 0.5) is 0 Å². The van der Waals surface area contributed by atoms with Gasteiger partial charge in [-0.15, -0.1) is 0 Å². The molecule has 3 heterocycles. The highest BCUT2D eigenvalue weighted by atomic mass is 16.5. The molecule has 1 aliphatic rings. The first-order valence-corrected chi connectivity index (χ1v) is 8.97. The second-order valence-electron chi connectivity index (χ2n) is 6.68. The van der Waals surface area contributed by atoms with Gasteiger partial charge in [0.15, 0.2) is 0 Å². The Kier molecular flexibility index (Phi) is 5.13. The molecule has 0 amide bonds. The fourth-order valence-electron chi connectivity index (χ4n) is 3.40. The predicted octanol–water partition coefficient (Wildman–Crippen LogP) is 2.05. The molecule has 0 aliphatic carbocycles. The van der Waals surface area contributed by atoms with Gasteiger partial charge in [0.2, 0.25) is 0 Å². The third kappa shape index (κ3) is 3.99. The Hall–Kier alpha value is -2.77. The van der Waals surface area contributed by atoms with E-state index in [-0.39, 0.29) is 6.10 Å². The molecular weight excluding hydrogens is 344 g/mol. The lowest BCUT2D eigenvalue weighted by molar-refractivity contribution is -0.0269. The van der Waals surface area contributed by atoms with E-state index in [1.807, 2.05) is 30.5 Å². The summed E-state index contributed by atoms with van der Waals surface area (Å²) in [5.74, 6) is 0.788. The predicted molar refractivity (Wildman–Crippen MR) is 101 cm³/mol. The van der Waals surface area contributed by atoms with Gasteiger partial charge in [-0.2, -0.15) is 0 Å². The van der Waals surface area contributed by atoms with Gasteiger partial charge in [0.05, 0.1) is 7.11 Å². The Morgan fingerprint density at radius 2 is 2.04 bits per heavy atom. The van der Waals surface area contributed by atoms with Crippen LogP contribution in [0.25, 0.3) is 10.8 Å². The first-order chi connectivity index (χ1) is 13.2. The number of likely N-dealkylation sites (tertiary alicyclic amines) is 1. The third-order valence-corrected chi connectivity index (χ3v) is 4.79. The van der Waals surface area contributed by atoms with Crippen LogP contribution in [0.15, 0.2) is 49.1 Å². The maximum Gasteiger partial charge on any atom is 0.316 e. The number of hydrogen-bond donors (Lipinski definition) is 1. The molecule has 0 saturated carbocycles. The van der Waals surface area contributed by atoms with E-state index in [9.17, 15) is 5.11 Å². The molecule has 1 fully saturated rings. The normalized spacial score (nSPS) is 20.5. The number of aliphatic hydroxyl groups is 1. The maximum atomic E-state index is 10.6. The van der Waals surface area contributed by atoms with Crippen molar-refractivity contribution in [2.75, 3.05) is 20.2 Å². The number of hydrogen-bond acceptors (Lipinski definition) is 7. The average molecular weight is 366 g/mol. The number of aliphatic hydroxyl groups excluding tert-OH is 1. The highest BCUT2D eigenvalue weighted by Gasteiger charge is 2.29. The standard InChI is InChI=1S/C20H22N4O3/c1-26-20-22-9-14(10-23-20)12-24-8-6-19(17(25)13-24)27-18-4-2-3-15-11-21-7-5-16(15)18/h2-5,7,9-11,17,19,25H,6,8,12-13H2,1H3/t17-,19-/m1/s1. The summed E-state index contributed by atoms with van der Waals surface area (Å²) in [7, 11) is 1.54. The van der Waals surface area contributed by atoms with Crippen molar-refractivity contribution >= 4 is 10.8 Å². The number of piperidine rings is 1. The topological polar surface area (TPSA) is 80.6 Å². The number of aromatic nitrogens is 3. The van der Waals surface area contributed by atoms with Crippen LogP contribution in [0, 0.1) is 0 Å². The molecule has 0 unspecified atom stereocenters. The van der Waals surface area contributed by atoms with Crippen molar-refractivity contribution in [3.05, 3.63) is 54.6 Å². The fraction of sp³-hybridized carbons (Fsp3) is 0.350. The van der Waals surface area contributed by atoms with Crippen molar-refractivity contribution in [3.8, 4) is 11.8 Å². The molecule has 140 valence electrons. The van der Waals surface area contributed by atoms with Crippen molar-refractivity contribution in [1.82, 2.24) is 19.9 Å². The minimum atomic E-state index is -0.560. The molecule has 0 bridgehead atoms. The van der Waals surface area contributed by atoms with Crippen molar-refractivity contribution in [2.24, 2.45) is 0 Å². The van der Waals surface area contributed by atoms with E-state index < -0.39 is 6.10 Å². The lowest BCUT2D eigenvalue weighted by Gasteiger charge is -2.36. The molecule has 1 aromatic carbocycles. The Balaban J connectivity index is 1.39. The molecule has 7 nitrogen and oxygen atoms in total. The Morgan fingerprint density at radius 1 is 1.19 bits per heavy atom. The molecule has 0 radical (unpaired) electrons. The summed E-state index contributed by atoms with van der Waals surface area (Å²) >= 11 is 0. The zero-order valence-electron chi connectivity index (χ0n) is 15.2. The lowest BCUT2D eigenvalue weighted by atomic mass is 10.0. The summed E-state index contributed by atoms with van der Waals surface area (Å²) < 4.78 is 11.1. The SMILES string of the molecule is COc1ncc(CN2CC[C@@H](Oc3cccc4cnccc34)[C@H](O)C2)cn1. The molecule has 1 aliphatic heterocycles. The van der Waals surface area contributed by atoms with E-state index in [1.54, 1.807) is 25.7 Å². The highest BCUT2D eigenvalue weighted by molar-refractivity contribution is 5.87. The van der Waals surface area contributed by atoms with E-state index >= 15 is 0 Å². The van der Waals surface area contributed by atoms with Gasteiger partial charge in [0.1, 0.15) is 18.0 Å². The molecule has 1 saturated heterocycles. The van der Waals surface area contributed by atoms with Crippen molar-refractivity contribution < 1.29 is 14.6 Å². The van der Waals surface area contributed by atoms with Crippen LogP contribution < -0.4 is 9.47 Å². The first kappa shape index (κ1) is 17.6. The number of fused-ring (bicyclic) bond motifs is 1. The number of methoxy groups -OCH3 is 1. The monoisotopic (exact) mass is 366 g/mol. The Bertz CT molecular complexity index is 898. The molecular formula is C20H22N4O3. The summed E-state index contributed by atoms with van der Waals surface area (Å²) in [5.41, 5.74) is 0.990. The van der Waals surface area contributed by atoms with E-state index in [4.69, 9.17) is 9.47 Å². The van der Waals surface area contributed by atoms with Gasteiger partial charge in [0.25, 0.3) is 0 Å². The lowest BCUT2D eigenvalue weighted by Crippen LogP contribution is -2.48. The smallest absolute Gasteiger partial charge is 0.316 e. The van der Waals surface area contributed by atoms with Crippen LogP contribution in [-0.4, -0.2) is 57.4 Å². The number of ether oxygens (including phenoxy) is 2. The zero-order chi connectivity index (χ0) is 18.6. The van der Waals surface area contributed by atoms with Gasteiger partial charge in [-0.05, 0) is 18.6 Å². The summed E-state index contributed by atoms with van der Waals surface area (Å²) in [5, 5.41) is 12.6. The third-order valence-electron chi connectivity index (χ3n) is 4.79. The average Bonchev–Trinajstić information content (AvgIpc) is 2.71. The van der Waals surface area contributed by atoms with Crippen molar-refractivity contribution in [3.63, 3.8) is 0 Å². The van der Waals surface area contributed by atoms with Crippen LogP contribution in [0.1, 0.15) is 12.0 Å². The minimum Gasteiger partial charge on any atom is -0.487 e. The summed E-state index contributed by atoms with van der Waals surface area (Å²) in [6.45, 7) is 2.07. The van der Waals surface area contributed by atoms with Crippen molar-refractivity contribution in [2.45, 2.75) is 25.2 Å². The molecule has 4 rings (SSSR count). The van der Waals surface area contributed by atoms with Gasteiger partial charge in [-0.1, -0.05) is 12.1 Å². The molecule has 2 atom stereocenters. The highest BCUT2D eigenvalue weighted by Crippen LogP contribution is 2.28. The van der Waals surface area contributed by atoms with Gasteiger partial charge >= 0.3 is 6.01 Å². The van der Waals surface area contributed by atoms with Gasteiger partial charge in [-0.25, -0.2) is 9.97 Å². The molecule has 2 aromatic heterocycles. The minimum absolute atomic E-state index is 0.230. The number of rotatable bonds is 5. The van der Waals surface area contributed by atoms with Gasteiger partial charge in [0, 0.05) is 60.8 Å². The molecule has 3 aromatic rings. The van der Waals surface area contributed by atoms with Crippen LogP contribution >= 0.6 is 0 Å². The van der Waals surface area contributed by atoms with Crippen LogP contribution in [0.3, 0.4) is 0 Å². The van der Waals surface area contributed by atoms with E-state index in [0.717, 1.165) is 35.1 Å². The maximum absolute atomic E-state index is 10.6. The molecule has 1 N–H and O–H groups in total. The van der Waals surface area contributed by atoms with Gasteiger partial charge < -0.3 is 14.6 Å². The summed E-state index contributed by atoms with van der Waals surface area (Å²) in [4.78, 5) is 14.6. The van der Waals surface area contributed by atoms with Crippen LogP contribution in [0.2, 0.25) is 0 Å². The number of benzene rings is 1. The van der Waals surface area contributed by atoms with E-state index in [2.05, 4.69) is 19.9 Å². The summed E-state index contributed by atoms with van der Waals surface area (Å²) in [6.07, 6.45) is 7.04.